The Morgan fingerprint density at radius 1 is 1.47 bits per heavy atom. The van der Waals surface area contributed by atoms with E-state index in [4.69, 9.17) is 0 Å². The van der Waals surface area contributed by atoms with Gasteiger partial charge in [0.25, 0.3) is 5.91 Å². The van der Waals surface area contributed by atoms with Crippen molar-refractivity contribution in [2.45, 2.75) is 38.6 Å². The molecule has 1 saturated heterocycles. The van der Waals surface area contributed by atoms with Gasteiger partial charge in [-0.3, -0.25) is 4.79 Å². The first-order valence-corrected chi connectivity index (χ1v) is 7.69. The van der Waals surface area contributed by atoms with Crippen LogP contribution < -0.4 is 10.6 Å². The summed E-state index contributed by atoms with van der Waals surface area (Å²) in [5.41, 5.74) is 1.40. The number of carbonyl (C=O) groups excluding carboxylic acids is 1. The van der Waals surface area contributed by atoms with Crippen molar-refractivity contribution in [3.05, 3.63) is 21.4 Å². The lowest BCUT2D eigenvalue weighted by molar-refractivity contribution is 0.0919. The number of aryl methyl sites for hydroxylation is 2. The van der Waals surface area contributed by atoms with Crippen molar-refractivity contribution in [2.24, 2.45) is 5.92 Å². The predicted octanol–water partition coefficient (Wildman–Crippen LogP) is 2.39. The molecule has 2 atom stereocenters. The van der Waals surface area contributed by atoms with E-state index in [9.17, 15) is 4.79 Å². The van der Waals surface area contributed by atoms with E-state index in [-0.39, 0.29) is 24.4 Å². The van der Waals surface area contributed by atoms with Gasteiger partial charge in [-0.1, -0.05) is 6.92 Å². The minimum atomic E-state index is 0. The van der Waals surface area contributed by atoms with Crippen LogP contribution in [0.5, 0.6) is 0 Å². The largest absolute Gasteiger partial charge is 0.347 e. The summed E-state index contributed by atoms with van der Waals surface area (Å²) in [5, 5.41) is 6.53. The molecule has 1 aromatic heterocycles. The number of nitrogens with one attached hydrogen (secondary N) is 2. The zero-order valence-electron chi connectivity index (χ0n) is 11.2. The maximum Gasteiger partial charge on any atom is 0.261 e. The molecule has 0 radical (unpaired) electrons. The van der Waals surface area contributed by atoms with Crippen LogP contribution in [0, 0.1) is 5.92 Å². The van der Waals surface area contributed by atoms with Gasteiger partial charge in [-0.25, -0.2) is 0 Å². The van der Waals surface area contributed by atoms with Gasteiger partial charge in [0.15, 0.2) is 0 Å². The third-order valence-corrected chi connectivity index (χ3v) is 5.35. The maximum atomic E-state index is 12.2. The van der Waals surface area contributed by atoms with E-state index in [1.807, 2.05) is 0 Å². The molecule has 2 unspecified atom stereocenters. The molecule has 1 aliphatic carbocycles. The average molecular weight is 301 g/mol. The molecule has 2 aliphatic rings. The number of rotatable bonds is 2. The molecule has 0 spiro atoms. The lowest BCUT2D eigenvalue weighted by Crippen LogP contribution is -2.50. The van der Waals surface area contributed by atoms with Crippen molar-refractivity contribution >= 4 is 29.7 Å². The molecular weight excluding hydrogens is 280 g/mol. The number of hydrogen-bond donors (Lipinski definition) is 2. The molecule has 2 N–H and O–H groups in total. The molecule has 0 saturated carbocycles. The molecule has 0 bridgehead atoms. The van der Waals surface area contributed by atoms with Crippen LogP contribution in [0.4, 0.5) is 0 Å². The molecular formula is C14H21ClN2OS. The summed E-state index contributed by atoms with van der Waals surface area (Å²) in [7, 11) is 0. The summed E-state index contributed by atoms with van der Waals surface area (Å²) < 4.78 is 0. The third-order valence-electron chi connectivity index (χ3n) is 4.11. The Kier molecular flexibility index (Phi) is 4.87. The summed E-state index contributed by atoms with van der Waals surface area (Å²) >= 11 is 1.69. The minimum Gasteiger partial charge on any atom is -0.347 e. The lowest BCUT2D eigenvalue weighted by atomic mass is 9.95. The van der Waals surface area contributed by atoms with Crippen molar-refractivity contribution in [1.82, 2.24) is 10.6 Å². The molecule has 1 aliphatic heterocycles. The van der Waals surface area contributed by atoms with E-state index in [1.165, 1.54) is 16.9 Å². The maximum absolute atomic E-state index is 12.2. The second kappa shape index (κ2) is 6.25. The molecule has 2 heterocycles. The number of thiophene rings is 1. The highest BCUT2D eigenvalue weighted by Crippen LogP contribution is 2.30. The molecule has 19 heavy (non-hydrogen) atoms. The van der Waals surface area contributed by atoms with Crippen molar-refractivity contribution in [3.63, 3.8) is 0 Å². The molecule has 1 fully saturated rings. The Balaban J connectivity index is 0.00000133. The zero-order valence-corrected chi connectivity index (χ0v) is 12.8. The third kappa shape index (κ3) is 3.12. The van der Waals surface area contributed by atoms with Crippen LogP contribution in [-0.2, 0) is 12.8 Å². The first kappa shape index (κ1) is 14.8. The van der Waals surface area contributed by atoms with E-state index in [0.29, 0.717) is 5.92 Å². The summed E-state index contributed by atoms with van der Waals surface area (Å²) in [5.74, 6) is 0.692. The lowest BCUT2D eigenvalue weighted by Gasteiger charge is -2.30. The van der Waals surface area contributed by atoms with Crippen molar-refractivity contribution < 1.29 is 4.79 Å². The van der Waals surface area contributed by atoms with Crippen molar-refractivity contribution in [2.75, 3.05) is 13.1 Å². The second-order valence-electron chi connectivity index (χ2n) is 5.46. The number of hydrogen-bond acceptors (Lipinski definition) is 3. The Hall–Kier alpha value is -0.580. The molecule has 3 nitrogen and oxygen atoms in total. The highest BCUT2D eigenvalue weighted by molar-refractivity contribution is 7.14. The van der Waals surface area contributed by atoms with E-state index in [1.54, 1.807) is 11.3 Å². The smallest absolute Gasteiger partial charge is 0.261 e. The van der Waals surface area contributed by atoms with E-state index in [0.717, 1.165) is 37.2 Å². The SMILES string of the molecule is CC1CCNCC1NC(=O)c1cc2c(s1)CCC2.Cl. The highest BCUT2D eigenvalue weighted by Gasteiger charge is 2.25. The van der Waals surface area contributed by atoms with Gasteiger partial charge in [0.05, 0.1) is 4.88 Å². The summed E-state index contributed by atoms with van der Waals surface area (Å²) in [6.45, 7) is 4.19. The highest BCUT2D eigenvalue weighted by atomic mass is 35.5. The Morgan fingerprint density at radius 3 is 3.05 bits per heavy atom. The van der Waals surface area contributed by atoms with Gasteiger partial charge in [0.1, 0.15) is 0 Å². The van der Waals surface area contributed by atoms with Crippen LogP contribution in [0.1, 0.15) is 39.9 Å². The van der Waals surface area contributed by atoms with E-state index < -0.39 is 0 Å². The van der Waals surface area contributed by atoms with Crippen LogP contribution in [0.2, 0.25) is 0 Å². The van der Waals surface area contributed by atoms with Gasteiger partial charge in [0, 0.05) is 17.5 Å². The summed E-state index contributed by atoms with van der Waals surface area (Å²) in [6, 6.07) is 2.38. The van der Waals surface area contributed by atoms with Crippen LogP contribution in [-0.4, -0.2) is 25.0 Å². The van der Waals surface area contributed by atoms with Gasteiger partial charge >= 0.3 is 0 Å². The van der Waals surface area contributed by atoms with E-state index >= 15 is 0 Å². The van der Waals surface area contributed by atoms with Crippen molar-refractivity contribution in [1.29, 1.82) is 0 Å². The topological polar surface area (TPSA) is 41.1 Å². The minimum absolute atomic E-state index is 0. The quantitative estimate of drug-likeness (QED) is 0.880. The fourth-order valence-electron chi connectivity index (χ4n) is 2.86. The number of fused-ring (bicyclic) bond motifs is 1. The Labute approximate surface area is 124 Å². The van der Waals surface area contributed by atoms with Gasteiger partial charge in [0.2, 0.25) is 0 Å². The van der Waals surface area contributed by atoms with Crippen LogP contribution in [0.15, 0.2) is 6.07 Å². The number of halogens is 1. The standard InChI is InChI=1S/C14H20N2OS.ClH/c1-9-5-6-15-8-11(9)16-14(17)13-7-10-3-2-4-12(10)18-13;/h7,9,11,15H,2-6,8H2,1H3,(H,16,17);1H. The monoisotopic (exact) mass is 300 g/mol. The van der Waals surface area contributed by atoms with Crippen LogP contribution in [0.25, 0.3) is 0 Å². The number of carbonyl (C=O) groups is 1. The summed E-state index contributed by atoms with van der Waals surface area (Å²) in [6.07, 6.45) is 4.72. The first-order chi connectivity index (χ1) is 8.74. The normalized spacial score (nSPS) is 25.5. The number of piperidine rings is 1. The molecule has 0 aromatic carbocycles. The van der Waals surface area contributed by atoms with Gasteiger partial charge in [-0.05, 0) is 49.8 Å². The molecule has 106 valence electrons. The van der Waals surface area contributed by atoms with Gasteiger partial charge < -0.3 is 10.6 Å². The van der Waals surface area contributed by atoms with Crippen LogP contribution in [0.3, 0.4) is 0 Å². The first-order valence-electron chi connectivity index (χ1n) is 6.87. The van der Waals surface area contributed by atoms with Gasteiger partial charge in [-0.15, -0.1) is 23.7 Å². The fraction of sp³-hybridized carbons (Fsp3) is 0.643. The van der Waals surface area contributed by atoms with Crippen molar-refractivity contribution in [3.8, 4) is 0 Å². The Morgan fingerprint density at radius 2 is 2.32 bits per heavy atom. The predicted molar refractivity (Wildman–Crippen MR) is 81.5 cm³/mol. The zero-order chi connectivity index (χ0) is 12.5. The number of amides is 1. The molecule has 1 amide bonds. The molecule has 1 aromatic rings. The van der Waals surface area contributed by atoms with E-state index in [2.05, 4.69) is 23.6 Å². The second-order valence-corrected chi connectivity index (χ2v) is 6.60. The van der Waals surface area contributed by atoms with Crippen LogP contribution >= 0.6 is 23.7 Å². The summed E-state index contributed by atoms with van der Waals surface area (Å²) in [4.78, 5) is 14.6. The molecule has 3 rings (SSSR count). The Bertz CT molecular complexity index is 439. The average Bonchev–Trinajstić information content (AvgIpc) is 2.92. The van der Waals surface area contributed by atoms with Gasteiger partial charge in [-0.2, -0.15) is 0 Å². The molecule has 5 heteroatoms. The fourth-order valence-corrected chi connectivity index (χ4v) is 4.02.